The lowest BCUT2D eigenvalue weighted by atomic mass is 10.0. The Balaban J connectivity index is 2.01. The van der Waals surface area contributed by atoms with E-state index in [9.17, 15) is 0 Å². The average Bonchev–Trinajstić information content (AvgIpc) is 2.46. The maximum Gasteiger partial charge on any atom is 0.161 e. The van der Waals surface area contributed by atoms with E-state index in [1.165, 1.54) is 19.3 Å². The first kappa shape index (κ1) is 14.2. The van der Waals surface area contributed by atoms with E-state index in [4.69, 9.17) is 15.2 Å². The van der Waals surface area contributed by atoms with E-state index in [0.29, 0.717) is 19.2 Å². The van der Waals surface area contributed by atoms with Crippen molar-refractivity contribution in [3.63, 3.8) is 0 Å². The molecule has 106 valence electrons. The molecule has 1 aromatic carbocycles. The fourth-order valence-corrected chi connectivity index (χ4v) is 2.50. The van der Waals surface area contributed by atoms with Crippen LogP contribution in [0.1, 0.15) is 24.8 Å². The van der Waals surface area contributed by atoms with Crippen LogP contribution in [-0.2, 0) is 6.54 Å². The van der Waals surface area contributed by atoms with Crippen molar-refractivity contribution in [2.45, 2.75) is 31.8 Å². The van der Waals surface area contributed by atoms with Crippen molar-refractivity contribution in [2.75, 3.05) is 27.3 Å². The van der Waals surface area contributed by atoms with Crippen LogP contribution in [0, 0.1) is 0 Å². The minimum atomic E-state index is 0.500. The van der Waals surface area contributed by atoms with Crippen molar-refractivity contribution in [1.82, 2.24) is 4.90 Å². The molecular formula is C15H24N2O2. The number of rotatable bonds is 5. The molecule has 1 aliphatic heterocycles. The summed E-state index contributed by atoms with van der Waals surface area (Å²) in [5.74, 6) is 1.57. The fraction of sp³-hybridized carbons (Fsp3) is 0.600. The van der Waals surface area contributed by atoms with Crippen molar-refractivity contribution < 1.29 is 9.47 Å². The molecule has 0 amide bonds. The first-order chi connectivity index (χ1) is 9.24. The smallest absolute Gasteiger partial charge is 0.161 e. The van der Waals surface area contributed by atoms with Crippen LogP contribution in [-0.4, -0.2) is 38.3 Å². The molecule has 1 atom stereocenters. The molecule has 1 saturated heterocycles. The molecule has 2 rings (SSSR count). The Bertz CT molecular complexity index is 409. The van der Waals surface area contributed by atoms with E-state index in [1.54, 1.807) is 7.11 Å². The zero-order valence-corrected chi connectivity index (χ0v) is 11.9. The first-order valence-electron chi connectivity index (χ1n) is 6.94. The number of methoxy groups -OCH3 is 1. The maximum absolute atomic E-state index is 5.96. The van der Waals surface area contributed by atoms with E-state index in [0.717, 1.165) is 23.6 Å². The van der Waals surface area contributed by atoms with Crippen molar-refractivity contribution in [3.8, 4) is 11.5 Å². The fourth-order valence-electron chi connectivity index (χ4n) is 2.50. The zero-order valence-electron chi connectivity index (χ0n) is 11.9. The molecule has 0 aliphatic carbocycles. The van der Waals surface area contributed by atoms with Gasteiger partial charge in [0.25, 0.3) is 0 Å². The lowest BCUT2D eigenvalue weighted by Gasteiger charge is -2.32. The van der Waals surface area contributed by atoms with Crippen LogP contribution in [0.5, 0.6) is 11.5 Å². The molecule has 19 heavy (non-hydrogen) atoms. The summed E-state index contributed by atoms with van der Waals surface area (Å²) in [6, 6.07) is 6.36. The summed E-state index contributed by atoms with van der Waals surface area (Å²) >= 11 is 0. The van der Waals surface area contributed by atoms with E-state index in [2.05, 4.69) is 11.9 Å². The molecule has 1 aliphatic rings. The van der Waals surface area contributed by atoms with Crippen molar-refractivity contribution >= 4 is 0 Å². The van der Waals surface area contributed by atoms with Gasteiger partial charge in [0.2, 0.25) is 0 Å². The van der Waals surface area contributed by atoms with Crippen molar-refractivity contribution in [3.05, 3.63) is 23.8 Å². The van der Waals surface area contributed by atoms with E-state index in [-0.39, 0.29) is 0 Å². The Hall–Kier alpha value is -1.26. The SMILES string of the molecule is COc1ccc(CN)cc1OCC1CCCCN1C. The number of hydrogen-bond acceptors (Lipinski definition) is 4. The van der Waals surface area contributed by atoms with Gasteiger partial charge in [-0.2, -0.15) is 0 Å². The lowest BCUT2D eigenvalue weighted by Crippen LogP contribution is -2.40. The highest BCUT2D eigenvalue weighted by atomic mass is 16.5. The maximum atomic E-state index is 5.96. The number of likely N-dealkylation sites (N-methyl/N-ethyl adjacent to an activating group) is 1. The zero-order chi connectivity index (χ0) is 13.7. The number of piperidine rings is 1. The van der Waals surface area contributed by atoms with Crippen LogP contribution in [0.3, 0.4) is 0 Å². The number of likely N-dealkylation sites (tertiary alicyclic amines) is 1. The van der Waals surface area contributed by atoms with Crippen LogP contribution >= 0.6 is 0 Å². The standard InChI is InChI=1S/C15H24N2O2/c1-17-8-4-3-5-13(17)11-19-15-9-12(10-16)6-7-14(15)18-2/h6-7,9,13H,3-5,8,10-11,16H2,1-2H3. The van der Waals surface area contributed by atoms with Gasteiger partial charge in [-0.3, -0.25) is 0 Å². The second kappa shape index (κ2) is 6.78. The second-order valence-electron chi connectivity index (χ2n) is 5.13. The van der Waals surface area contributed by atoms with Gasteiger partial charge in [-0.05, 0) is 44.1 Å². The third kappa shape index (κ3) is 3.61. The Morgan fingerprint density at radius 2 is 2.16 bits per heavy atom. The number of nitrogens with zero attached hydrogens (tertiary/aromatic N) is 1. The van der Waals surface area contributed by atoms with Gasteiger partial charge >= 0.3 is 0 Å². The second-order valence-corrected chi connectivity index (χ2v) is 5.13. The first-order valence-corrected chi connectivity index (χ1v) is 6.94. The van der Waals surface area contributed by atoms with Gasteiger partial charge in [0, 0.05) is 12.6 Å². The van der Waals surface area contributed by atoms with Crippen LogP contribution in [0.15, 0.2) is 18.2 Å². The van der Waals surface area contributed by atoms with Crippen LogP contribution < -0.4 is 15.2 Å². The molecule has 0 aromatic heterocycles. The van der Waals surface area contributed by atoms with Gasteiger partial charge in [-0.25, -0.2) is 0 Å². The minimum absolute atomic E-state index is 0.500. The Morgan fingerprint density at radius 1 is 1.32 bits per heavy atom. The predicted molar refractivity (Wildman–Crippen MR) is 76.6 cm³/mol. The third-order valence-corrected chi connectivity index (χ3v) is 3.82. The molecule has 0 saturated carbocycles. The summed E-state index contributed by atoms with van der Waals surface area (Å²) in [5, 5.41) is 0. The summed E-state index contributed by atoms with van der Waals surface area (Å²) in [7, 11) is 3.83. The van der Waals surface area contributed by atoms with Crippen molar-refractivity contribution in [2.24, 2.45) is 5.73 Å². The average molecular weight is 264 g/mol. The molecule has 0 radical (unpaired) electrons. The molecule has 1 unspecified atom stereocenters. The number of nitrogens with two attached hydrogens (primary N) is 1. The summed E-state index contributed by atoms with van der Waals surface area (Å²) in [4.78, 5) is 2.38. The third-order valence-electron chi connectivity index (χ3n) is 3.82. The molecule has 2 N–H and O–H groups in total. The molecule has 0 bridgehead atoms. The summed E-state index contributed by atoms with van der Waals surface area (Å²) in [6.45, 7) is 2.39. The lowest BCUT2D eigenvalue weighted by molar-refractivity contribution is 0.123. The van der Waals surface area contributed by atoms with Crippen LogP contribution in [0.4, 0.5) is 0 Å². The van der Waals surface area contributed by atoms with Crippen LogP contribution in [0.25, 0.3) is 0 Å². The summed E-state index contributed by atoms with van der Waals surface area (Å²) in [5.41, 5.74) is 6.73. The quantitative estimate of drug-likeness (QED) is 0.884. The van der Waals surface area contributed by atoms with Crippen molar-refractivity contribution in [1.29, 1.82) is 0 Å². The van der Waals surface area contributed by atoms with Gasteiger partial charge in [-0.1, -0.05) is 12.5 Å². The minimum Gasteiger partial charge on any atom is -0.493 e. The topological polar surface area (TPSA) is 47.7 Å². The van der Waals surface area contributed by atoms with E-state index < -0.39 is 0 Å². The number of benzene rings is 1. The summed E-state index contributed by atoms with van der Waals surface area (Å²) < 4.78 is 11.3. The highest BCUT2D eigenvalue weighted by Gasteiger charge is 2.20. The van der Waals surface area contributed by atoms with Gasteiger partial charge in [0.15, 0.2) is 11.5 Å². The Morgan fingerprint density at radius 3 is 2.84 bits per heavy atom. The van der Waals surface area contributed by atoms with E-state index >= 15 is 0 Å². The number of hydrogen-bond donors (Lipinski definition) is 1. The molecule has 4 heteroatoms. The predicted octanol–water partition coefficient (Wildman–Crippen LogP) is 2.02. The molecule has 0 spiro atoms. The monoisotopic (exact) mass is 264 g/mol. The summed E-state index contributed by atoms with van der Waals surface area (Å²) in [6.07, 6.45) is 3.78. The van der Waals surface area contributed by atoms with Gasteiger partial charge in [-0.15, -0.1) is 0 Å². The molecule has 4 nitrogen and oxygen atoms in total. The molecule has 1 fully saturated rings. The van der Waals surface area contributed by atoms with Gasteiger partial charge in [0.05, 0.1) is 7.11 Å². The normalized spacial score (nSPS) is 20.3. The highest BCUT2D eigenvalue weighted by Crippen LogP contribution is 2.28. The van der Waals surface area contributed by atoms with E-state index in [1.807, 2.05) is 18.2 Å². The molecule has 1 heterocycles. The van der Waals surface area contributed by atoms with Gasteiger partial charge < -0.3 is 20.1 Å². The molecular weight excluding hydrogens is 240 g/mol. The largest absolute Gasteiger partial charge is 0.493 e. The van der Waals surface area contributed by atoms with Gasteiger partial charge in [0.1, 0.15) is 6.61 Å². The molecule has 1 aromatic rings. The van der Waals surface area contributed by atoms with Crippen LogP contribution in [0.2, 0.25) is 0 Å². The highest BCUT2D eigenvalue weighted by molar-refractivity contribution is 5.42. The Kier molecular flexibility index (Phi) is 5.05. The Labute approximate surface area is 115 Å². The number of ether oxygens (including phenoxy) is 2.